The predicted molar refractivity (Wildman–Crippen MR) is 73.8 cm³/mol. The number of likely N-dealkylation sites (N-methyl/N-ethyl adjacent to an activating group) is 1. The van der Waals surface area contributed by atoms with Crippen molar-refractivity contribution in [2.45, 2.75) is 39.7 Å². The van der Waals surface area contributed by atoms with Gasteiger partial charge in [-0.2, -0.15) is 0 Å². The van der Waals surface area contributed by atoms with Gasteiger partial charge in [-0.3, -0.25) is 4.79 Å². The van der Waals surface area contributed by atoms with Gasteiger partial charge in [-0.05, 0) is 25.8 Å². The zero-order valence-corrected chi connectivity index (χ0v) is 11.9. The Bertz CT molecular complexity index is 467. The molecular weight excluding hydrogens is 242 g/mol. The van der Waals surface area contributed by atoms with E-state index in [2.05, 4.69) is 0 Å². The Balaban J connectivity index is 3.46. The van der Waals surface area contributed by atoms with Crippen LogP contribution in [0.15, 0.2) is 24.3 Å². The van der Waals surface area contributed by atoms with Crippen LogP contribution >= 0.6 is 0 Å². The number of carboxylic acid groups (broad SMARTS) is 1. The lowest BCUT2D eigenvalue weighted by Gasteiger charge is -2.39. The van der Waals surface area contributed by atoms with Crippen LogP contribution in [0.4, 0.5) is 0 Å². The number of carbonyl (C=O) groups excluding carboxylic acids is 1. The van der Waals surface area contributed by atoms with E-state index < -0.39 is 11.5 Å². The quantitative estimate of drug-likeness (QED) is 0.888. The van der Waals surface area contributed by atoms with Crippen molar-refractivity contribution in [1.82, 2.24) is 4.90 Å². The van der Waals surface area contributed by atoms with Crippen LogP contribution in [-0.2, 0) is 15.1 Å². The minimum absolute atomic E-state index is 0.229. The Kier molecular flexibility index (Phi) is 4.70. The van der Waals surface area contributed by atoms with Crippen LogP contribution in [0.2, 0.25) is 0 Å². The lowest BCUT2D eigenvalue weighted by atomic mass is 9.84. The van der Waals surface area contributed by atoms with Crippen molar-refractivity contribution in [2.24, 2.45) is 0 Å². The number of hydrogen-bond donors (Lipinski definition) is 1. The summed E-state index contributed by atoms with van der Waals surface area (Å²) in [7, 11) is 0. The zero-order chi connectivity index (χ0) is 14.6. The molecule has 1 rings (SSSR count). The minimum Gasteiger partial charge on any atom is -0.479 e. The molecule has 0 aliphatic heterocycles. The molecule has 0 heterocycles. The van der Waals surface area contributed by atoms with E-state index >= 15 is 0 Å². The van der Waals surface area contributed by atoms with Gasteiger partial charge in [-0.25, -0.2) is 4.79 Å². The molecule has 1 aromatic rings. The van der Waals surface area contributed by atoms with Crippen molar-refractivity contribution < 1.29 is 14.7 Å². The number of carboxylic acids is 1. The monoisotopic (exact) mass is 263 g/mol. The Morgan fingerprint density at radius 2 is 1.74 bits per heavy atom. The van der Waals surface area contributed by atoms with E-state index in [0.717, 1.165) is 5.56 Å². The van der Waals surface area contributed by atoms with Crippen LogP contribution in [0.25, 0.3) is 0 Å². The number of amides is 1. The minimum atomic E-state index is -1.28. The van der Waals surface area contributed by atoms with E-state index in [1.807, 2.05) is 19.1 Å². The summed E-state index contributed by atoms with van der Waals surface area (Å²) in [6, 6.07) is 7.32. The molecule has 0 bridgehead atoms. The summed E-state index contributed by atoms with van der Waals surface area (Å²) >= 11 is 0. The summed E-state index contributed by atoms with van der Waals surface area (Å²) in [5.41, 5.74) is 0.420. The summed E-state index contributed by atoms with van der Waals surface area (Å²) in [5, 5.41) is 9.70. The van der Waals surface area contributed by atoms with Gasteiger partial charge >= 0.3 is 5.97 Å². The fourth-order valence-corrected chi connectivity index (χ4v) is 2.53. The van der Waals surface area contributed by atoms with E-state index in [-0.39, 0.29) is 5.91 Å². The van der Waals surface area contributed by atoms with Gasteiger partial charge in [-0.1, -0.05) is 36.8 Å². The summed E-state index contributed by atoms with van der Waals surface area (Å²) in [4.78, 5) is 25.1. The van der Waals surface area contributed by atoms with E-state index in [0.29, 0.717) is 18.5 Å². The summed E-state index contributed by atoms with van der Waals surface area (Å²) in [5.74, 6) is -1.22. The largest absolute Gasteiger partial charge is 0.479 e. The molecule has 0 spiro atoms. The number of benzene rings is 1. The molecule has 0 aliphatic carbocycles. The molecule has 104 valence electrons. The number of hydrogen-bond acceptors (Lipinski definition) is 2. The van der Waals surface area contributed by atoms with Gasteiger partial charge in [0.15, 0.2) is 5.54 Å². The SMILES string of the molecule is CCN(C(C)=O)C(CC)(C(=O)O)c1ccc(C)cc1. The maximum absolute atomic E-state index is 11.8. The van der Waals surface area contributed by atoms with E-state index in [1.165, 1.54) is 11.8 Å². The van der Waals surface area contributed by atoms with Gasteiger partial charge in [-0.15, -0.1) is 0 Å². The van der Waals surface area contributed by atoms with Gasteiger partial charge < -0.3 is 10.0 Å². The molecule has 1 N–H and O–H groups in total. The van der Waals surface area contributed by atoms with E-state index in [1.54, 1.807) is 26.0 Å². The first-order valence-electron chi connectivity index (χ1n) is 6.48. The summed E-state index contributed by atoms with van der Waals surface area (Å²) in [6.45, 7) is 7.30. The molecule has 1 unspecified atom stereocenters. The number of aliphatic carboxylic acids is 1. The van der Waals surface area contributed by atoms with Gasteiger partial charge in [0.05, 0.1) is 0 Å². The molecule has 19 heavy (non-hydrogen) atoms. The normalized spacial score (nSPS) is 13.7. The number of nitrogens with zero attached hydrogens (tertiary/aromatic N) is 1. The average molecular weight is 263 g/mol. The molecule has 4 heteroatoms. The molecular formula is C15H21NO3. The first kappa shape index (κ1) is 15.2. The highest BCUT2D eigenvalue weighted by Gasteiger charge is 2.45. The molecule has 0 aliphatic rings. The second-order valence-electron chi connectivity index (χ2n) is 4.65. The van der Waals surface area contributed by atoms with Crippen molar-refractivity contribution >= 4 is 11.9 Å². The molecule has 1 atom stereocenters. The first-order chi connectivity index (χ1) is 8.90. The number of aryl methyl sites for hydroxylation is 1. The Morgan fingerprint density at radius 1 is 1.21 bits per heavy atom. The lowest BCUT2D eigenvalue weighted by Crippen LogP contribution is -2.53. The molecule has 0 saturated carbocycles. The van der Waals surface area contributed by atoms with Crippen molar-refractivity contribution in [3.8, 4) is 0 Å². The molecule has 4 nitrogen and oxygen atoms in total. The maximum atomic E-state index is 11.8. The fourth-order valence-electron chi connectivity index (χ4n) is 2.53. The smallest absolute Gasteiger partial charge is 0.334 e. The first-order valence-corrected chi connectivity index (χ1v) is 6.48. The third-order valence-corrected chi connectivity index (χ3v) is 3.55. The average Bonchev–Trinajstić information content (AvgIpc) is 2.36. The van der Waals surface area contributed by atoms with E-state index in [4.69, 9.17) is 0 Å². The van der Waals surface area contributed by atoms with Crippen molar-refractivity contribution in [1.29, 1.82) is 0 Å². The molecule has 0 radical (unpaired) electrons. The van der Waals surface area contributed by atoms with Crippen molar-refractivity contribution in [3.63, 3.8) is 0 Å². The van der Waals surface area contributed by atoms with Crippen LogP contribution < -0.4 is 0 Å². The van der Waals surface area contributed by atoms with Gasteiger partial charge in [0, 0.05) is 13.5 Å². The third-order valence-electron chi connectivity index (χ3n) is 3.55. The topological polar surface area (TPSA) is 57.6 Å². The van der Waals surface area contributed by atoms with Crippen LogP contribution in [0.3, 0.4) is 0 Å². The van der Waals surface area contributed by atoms with Crippen LogP contribution in [0.1, 0.15) is 38.3 Å². The fraction of sp³-hybridized carbons (Fsp3) is 0.467. The second-order valence-corrected chi connectivity index (χ2v) is 4.65. The van der Waals surface area contributed by atoms with Gasteiger partial charge in [0.1, 0.15) is 0 Å². The van der Waals surface area contributed by atoms with Crippen LogP contribution in [-0.4, -0.2) is 28.4 Å². The van der Waals surface area contributed by atoms with E-state index in [9.17, 15) is 14.7 Å². The summed E-state index contributed by atoms with van der Waals surface area (Å²) in [6.07, 6.45) is 0.332. The van der Waals surface area contributed by atoms with Crippen molar-refractivity contribution in [3.05, 3.63) is 35.4 Å². The van der Waals surface area contributed by atoms with Crippen molar-refractivity contribution in [2.75, 3.05) is 6.54 Å². The third kappa shape index (κ3) is 2.62. The Labute approximate surface area is 114 Å². The second kappa shape index (κ2) is 5.87. The number of carbonyl (C=O) groups is 2. The molecule has 0 fully saturated rings. The standard InChI is InChI=1S/C15H21NO3/c1-5-15(14(18)19,16(6-2)12(4)17)13-9-7-11(3)8-10-13/h7-10H,5-6H2,1-4H3,(H,18,19). The number of rotatable bonds is 5. The predicted octanol–water partition coefficient (Wildman–Crippen LogP) is 2.55. The van der Waals surface area contributed by atoms with Gasteiger partial charge in [0.2, 0.25) is 5.91 Å². The maximum Gasteiger partial charge on any atom is 0.334 e. The molecule has 0 saturated heterocycles. The molecule has 1 amide bonds. The van der Waals surface area contributed by atoms with Gasteiger partial charge in [0.25, 0.3) is 0 Å². The lowest BCUT2D eigenvalue weighted by molar-refractivity contribution is -0.159. The Morgan fingerprint density at radius 3 is 2.05 bits per heavy atom. The van der Waals surface area contributed by atoms with Crippen LogP contribution in [0, 0.1) is 6.92 Å². The molecule has 0 aromatic heterocycles. The zero-order valence-electron chi connectivity index (χ0n) is 11.9. The highest BCUT2D eigenvalue weighted by molar-refractivity contribution is 5.87. The molecule has 1 aromatic carbocycles. The van der Waals surface area contributed by atoms with Crippen LogP contribution in [0.5, 0.6) is 0 Å². The summed E-state index contributed by atoms with van der Waals surface area (Å²) < 4.78 is 0. The Hall–Kier alpha value is -1.84. The highest BCUT2D eigenvalue weighted by Crippen LogP contribution is 2.33. The highest BCUT2D eigenvalue weighted by atomic mass is 16.4.